The van der Waals surface area contributed by atoms with Gasteiger partial charge in [-0.15, -0.1) is 0 Å². The van der Waals surface area contributed by atoms with Crippen molar-refractivity contribution >= 4 is 28.2 Å². The van der Waals surface area contributed by atoms with Crippen LogP contribution < -0.4 is 16.1 Å². The van der Waals surface area contributed by atoms with Crippen LogP contribution in [-0.2, 0) is 0 Å². The molecule has 1 saturated heterocycles. The van der Waals surface area contributed by atoms with Crippen LogP contribution in [0, 0.1) is 28.9 Å². The molecule has 0 radical (unpaired) electrons. The molecule has 29 heavy (non-hydrogen) atoms. The monoisotopic (exact) mass is 403 g/mol. The standard InChI is InChI=1S/C21H23F2N3O3/c1-9-5-12(9)26-7-11(20(28)29)19(27)13-16(24)14(22)18(15(23)17(13)26)25-4-3-21(8-25)6-10(21)2/h7,9-10,12H,3-6,8,24H2,1-2H3,(H,28,29). The topological polar surface area (TPSA) is 88.6 Å². The first-order valence-corrected chi connectivity index (χ1v) is 10.00. The second kappa shape index (κ2) is 5.70. The second-order valence-electron chi connectivity index (χ2n) is 9.12. The number of hydrogen-bond donors (Lipinski definition) is 2. The molecule has 1 aromatic heterocycles. The number of fused-ring (bicyclic) bond motifs is 1. The van der Waals surface area contributed by atoms with Gasteiger partial charge in [0, 0.05) is 25.3 Å². The zero-order valence-electron chi connectivity index (χ0n) is 16.3. The number of nitrogens with zero attached hydrogens (tertiary/aromatic N) is 2. The molecule has 3 aliphatic rings. The Balaban J connectivity index is 1.78. The lowest BCUT2D eigenvalue weighted by Crippen LogP contribution is -2.26. The Morgan fingerprint density at radius 1 is 1.31 bits per heavy atom. The fraction of sp³-hybridized carbons (Fsp3) is 0.524. The van der Waals surface area contributed by atoms with Crippen LogP contribution in [0.3, 0.4) is 0 Å². The number of rotatable bonds is 3. The average Bonchev–Trinajstić information content (AvgIpc) is 3.47. The van der Waals surface area contributed by atoms with Crippen LogP contribution >= 0.6 is 0 Å². The first-order valence-electron chi connectivity index (χ1n) is 10.00. The Bertz CT molecular complexity index is 1140. The SMILES string of the molecule is CC1CC1n1cc(C(=O)O)c(=O)c2c(N)c(F)c(N3CCC4(CC4C)C3)c(F)c21. The van der Waals surface area contributed by atoms with E-state index in [4.69, 9.17) is 5.73 Å². The molecule has 1 spiro atoms. The van der Waals surface area contributed by atoms with E-state index in [-0.39, 0.29) is 34.0 Å². The minimum absolute atomic E-state index is 0.0898. The third kappa shape index (κ3) is 2.44. The van der Waals surface area contributed by atoms with E-state index in [1.807, 2.05) is 6.92 Å². The van der Waals surface area contributed by atoms with Gasteiger partial charge < -0.3 is 20.3 Å². The second-order valence-corrected chi connectivity index (χ2v) is 9.12. The molecule has 2 aromatic rings. The van der Waals surface area contributed by atoms with Gasteiger partial charge in [-0.3, -0.25) is 4.79 Å². The number of halogens is 2. The molecule has 2 aliphatic carbocycles. The van der Waals surface area contributed by atoms with Gasteiger partial charge in [-0.2, -0.15) is 0 Å². The molecule has 1 aliphatic heterocycles. The third-order valence-corrected chi connectivity index (χ3v) is 7.32. The lowest BCUT2D eigenvalue weighted by Gasteiger charge is -2.24. The van der Waals surface area contributed by atoms with Crippen LogP contribution in [0.25, 0.3) is 10.9 Å². The Morgan fingerprint density at radius 2 is 1.97 bits per heavy atom. The number of hydrogen-bond acceptors (Lipinski definition) is 4. The summed E-state index contributed by atoms with van der Waals surface area (Å²) in [6.07, 6.45) is 3.82. The van der Waals surface area contributed by atoms with E-state index in [0.29, 0.717) is 19.0 Å². The lowest BCUT2D eigenvalue weighted by atomic mass is 10.0. The van der Waals surface area contributed by atoms with Gasteiger partial charge in [0.1, 0.15) is 11.3 Å². The molecular weight excluding hydrogens is 380 g/mol. The molecule has 5 rings (SSSR count). The smallest absolute Gasteiger partial charge is 0.341 e. The predicted octanol–water partition coefficient (Wildman–Crippen LogP) is 3.38. The summed E-state index contributed by atoms with van der Waals surface area (Å²) in [5.41, 5.74) is 3.86. The summed E-state index contributed by atoms with van der Waals surface area (Å²) in [5.74, 6) is -2.51. The first-order chi connectivity index (χ1) is 13.7. The van der Waals surface area contributed by atoms with Crippen molar-refractivity contribution in [3.05, 3.63) is 33.6 Å². The molecule has 3 fully saturated rings. The summed E-state index contributed by atoms with van der Waals surface area (Å²) in [6.45, 7) is 5.19. The van der Waals surface area contributed by atoms with Crippen molar-refractivity contribution in [2.75, 3.05) is 23.7 Å². The van der Waals surface area contributed by atoms with E-state index >= 15 is 8.78 Å². The van der Waals surface area contributed by atoms with Gasteiger partial charge in [0.15, 0.2) is 11.6 Å². The maximum Gasteiger partial charge on any atom is 0.341 e. The summed E-state index contributed by atoms with van der Waals surface area (Å²) in [5, 5.41) is 9.04. The van der Waals surface area contributed by atoms with E-state index in [1.165, 1.54) is 10.8 Å². The normalized spacial score (nSPS) is 30.3. The maximum atomic E-state index is 15.8. The highest BCUT2D eigenvalue weighted by Gasteiger charge is 2.55. The number of aromatic nitrogens is 1. The van der Waals surface area contributed by atoms with Gasteiger partial charge in [0.05, 0.1) is 16.6 Å². The quantitative estimate of drug-likeness (QED) is 0.767. The van der Waals surface area contributed by atoms with E-state index in [0.717, 1.165) is 19.3 Å². The van der Waals surface area contributed by atoms with Crippen molar-refractivity contribution in [3.63, 3.8) is 0 Å². The number of carbonyl (C=O) groups is 1. The average molecular weight is 403 g/mol. The van der Waals surface area contributed by atoms with Crippen molar-refractivity contribution in [1.82, 2.24) is 4.57 Å². The first kappa shape index (κ1) is 18.4. The molecule has 4 atom stereocenters. The highest BCUT2D eigenvalue weighted by atomic mass is 19.1. The predicted molar refractivity (Wildman–Crippen MR) is 105 cm³/mol. The summed E-state index contributed by atoms with van der Waals surface area (Å²) in [4.78, 5) is 26.0. The third-order valence-electron chi connectivity index (χ3n) is 7.32. The van der Waals surface area contributed by atoms with Crippen molar-refractivity contribution < 1.29 is 18.7 Å². The Labute approximate surface area is 165 Å². The van der Waals surface area contributed by atoms with Crippen LogP contribution in [0.2, 0.25) is 0 Å². The van der Waals surface area contributed by atoms with Crippen LogP contribution in [0.5, 0.6) is 0 Å². The largest absolute Gasteiger partial charge is 0.477 e. The fourth-order valence-corrected chi connectivity index (χ4v) is 5.14. The number of nitrogen functional groups attached to an aromatic ring is 1. The number of pyridine rings is 1. The number of carboxylic acids is 1. The Kier molecular flexibility index (Phi) is 3.62. The molecule has 8 heteroatoms. The summed E-state index contributed by atoms with van der Waals surface area (Å²) in [6, 6.07) is -0.142. The molecule has 1 aromatic carbocycles. The Hall–Kier alpha value is -2.64. The summed E-state index contributed by atoms with van der Waals surface area (Å²) >= 11 is 0. The highest BCUT2D eigenvalue weighted by molar-refractivity contribution is 5.99. The minimum atomic E-state index is -1.44. The molecule has 0 amide bonds. The van der Waals surface area contributed by atoms with Gasteiger partial charge in [0.25, 0.3) is 0 Å². The minimum Gasteiger partial charge on any atom is -0.477 e. The zero-order chi connectivity index (χ0) is 20.8. The number of nitrogens with two attached hydrogens (primary N) is 1. The summed E-state index contributed by atoms with van der Waals surface area (Å²) < 4.78 is 32.5. The molecule has 4 unspecified atom stereocenters. The van der Waals surface area contributed by atoms with Crippen LogP contribution in [0.15, 0.2) is 11.0 Å². The molecular formula is C21H23F2N3O3. The highest BCUT2D eigenvalue weighted by Crippen LogP contribution is 2.59. The van der Waals surface area contributed by atoms with E-state index < -0.39 is 34.3 Å². The van der Waals surface area contributed by atoms with Gasteiger partial charge in [0.2, 0.25) is 5.43 Å². The van der Waals surface area contributed by atoms with Crippen molar-refractivity contribution in [2.24, 2.45) is 17.3 Å². The van der Waals surface area contributed by atoms with Gasteiger partial charge in [-0.1, -0.05) is 13.8 Å². The van der Waals surface area contributed by atoms with Gasteiger partial charge >= 0.3 is 5.97 Å². The van der Waals surface area contributed by atoms with Crippen molar-refractivity contribution in [2.45, 2.75) is 39.2 Å². The molecule has 0 bridgehead atoms. The molecule has 2 heterocycles. The molecule has 2 saturated carbocycles. The number of aromatic carboxylic acids is 1. The van der Waals surface area contributed by atoms with Gasteiger partial charge in [-0.25, -0.2) is 13.6 Å². The fourth-order valence-electron chi connectivity index (χ4n) is 5.14. The number of benzene rings is 1. The number of anilines is 2. The van der Waals surface area contributed by atoms with E-state index in [9.17, 15) is 14.7 Å². The zero-order valence-corrected chi connectivity index (χ0v) is 16.3. The summed E-state index contributed by atoms with van der Waals surface area (Å²) in [7, 11) is 0. The molecule has 154 valence electrons. The van der Waals surface area contributed by atoms with Crippen molar-refractivity contribution in [3.8, 4) is 0 Å². The Morgan fingerprint density at radius 3 is 2.48 bits per heavy atom. The molecule has 6 nitrogen and oxygen atoms in total. The maximum absolute atomic E-state index is 15.8. The van der Waals surface area contributed by atoms with Crippen LogP contribution in [-0.4, -0.2) is 28.7 Å². The van der Waals surface area contributed by atoms with E-state index in [1.54, 1.807) is 4.90 Å². The number of carboxylic acid groups (broad SMARTS) is 1. The van der Waals surface area contributed by atoms with E-state index in [2.05, 4.69) is 6.92 Å². The lowest BCUT2D eigenvalue weighted by molar-refractivity contribution is 0.0694. The molecule has 3 N–H and O–H groups in total. The van der Waals surface area contributed by atoms with Crippen LogP contribution in [0.1, 0.15) is 49.5 Å². The van der Waals surface area contributed by atoms with Crippen molar-refractivity contribution in [1.29, 1.82) is 0 Å². The van der Waals surface area contributed by atoms with Crippen LogP contribution in [0.4, 0.5) is 20.2 Å². The van der Waals surface area contributed by atoms with Gasteiger partial charge in [-0.05, 0) is 36.5 Å².